The second kappa shape index (κ2) is 12.3. The van der Waals surface area contributed by atoms with Gasteiger partial charge in [0.25, 0.3) is 5.91 Å². The van der Waals surface area contributed by atoms with Gasteiger partial charge in [0, 0.05) is 50.7 Å². The summed E-state index contributed by atoms with van der Waals surface area (Å²) in [6.45, 7) is 2.26. The average molecular weight is 586 g/mol. The molecule has 2 saturated heterocycles. The van der Waals surface area contributed by atoms with Crippen LogP contribution in [0.15, 0.2) is 42.7 Å². The quantitative estimate of drug-likeness (QED) is 0.408. The normalized spacial score (nSPS) is 16.9. The predicted octanol–water partition coefficient (Wildman–Crippen LogP) is 1.76. The summed E-state index contributed by atoms with van der Waals surface area (Å²) in [5.74, 6) is -2.56. The van der Waals surface area contributed by atoms with Crippen LogP contribution in [0, 0.1) is 11.6 Å². The molecule has 4 amide bonds. The van der Waals surface area contributed by atoms with E-state index in [0.29, 0.717) is 5.65 Å². The summed E-state index contributed by atoms with van der Waals surface area (Å²) in [7, 11) is 0. The zero-order valence-corrected chi connectivity index (χ0v) is 22.7. The smallest absolute Gasteiger partial charge is 0.414 e. The Kier molecular flexibility index (Phi) is 8.36. The molecule has 2 aliphatic heterocycles. The lowest BCUT2D eigenvalue weighted by molar-refractivity contribution is -0.130. The van der Waals surface area contributed by atoms with E-state index in [4.69, 9.17) is 9.47 Å². The third kappa shape index (κ3) is 6.19. The summed E-state index contributed by atoms with van der Waals surface area (Å²) in [5, 5.41) is 5.03. The molecule has 2 aromatic heterocycles. The highest BCUT2D eigenvalue weighted by Gasteiger charge is 2.34. The molecule has 0 spiro atoms. The number of anilines is 2. The molecule has 3 aromatic rings. The maximum absolute atomic E-state index is 15.1. The number of pyridine rings is 1. The average Bonchev–Trinajstić information content (AvgIpc) is 3.58. The lowest BCUT2D eigenvalue weighted by Crippen LogP contribution is -2.51. The van der Waals surface area contributed by atoms with E-state index in [0.717, 1.165) is 17.0 Å². The summed E-state index contributed by atoms with van der Waals surface area (Å²) in [6, 6.07) is 7.46. The van der Waals surface area contributed by atoms with Crippen molar-refractivity contribution in [2.45, 2.75) is 13.0 Å². The molecule has 2 aliphatic rings. The van der Waals surface area contributed by atoms with Gasteiger partial charge in [-0.05, 0) is 19.1 Å². The number of hydrogen-bond donors (Lipinski definition) is 2. The first-order valence-electron chi connectivity index (χ1n) is 13.4. The highest BCUT2D eigenvalue weighted by molar-refractivity contribution is 5.95. The van der Waals surface area contributed by atoms with Crippen molar-refractivity contribution in [2.75, 3.05) is 62.2 Å². The van der Waals surface area contributed by atoms with Gasteiger partial charge in [-0.15, -0.1) is 0 Å². The Hall–Kier alpha value is -4.95. The first-order valence-corrected chi connectivity index (χ1v) is 13.4. The zero-order valence-electron chi connectivity index (χ0n) is 22.7. The second-order valence-corrected chi connectivity index (χ2v) is 9.62. The number of carbonyl (C=O) groups excluding carboxylic acids is 4. The topological polar surface area (TPSA) is 138 Å². The van der Waals surface area contributed by atoms with Crippen molar-refractivity contribution in [3.63, 3.8) is 0 Å². The number of cyclic esters (lactones) is 1. The van der Waals surface area contributed by atoms with Gasteiger partial charge in [-0.2, -0.15) is 0 Å². The molecule has 1 aromatic carbocycles. The third-order valence-corrected chi connectivity index (χ3v) is 6.88. The summed E-state index contributed by atoms with van der Waals surface area (Å²) in [4.78, 5) is 57.2. The van der Waals surface area contributed by atoms with Gasteiger partial charge in [0.15, 0.2) is 11.6 Å². The molecule has 15 heteroatoms. The molecule has 0 bridgehead atoms. The third-order valence-electron chi connectivity index (χ3n) is 6.88. The summed E-state index contributed by atoms with van der Waals surface area (Å²) < 4.78 is 41.9. The molecule has 1 atom stereocenters. The number of amides is 4. The van der Waals surface area contributed by atoms with Gasteiger partial charge in [-0.1, -0.05) is 6.07 Å². The van der Waals surface area contributed by atoms with Crippen LogP contribution in [-0.4, -0.2) is 96.8 Å². The minimum atomic E-state index is -0.870. The number of piperazine rings is 1. The minimum absolute atomic E-state index is 0.0159. The summed E-state index contributed by atoms with van der Waals surface area (Å²) in [6.07, 6.45) is 1.15. The fourth-order valence-corrected chi connectivity index (χ4v) is 4.81. The van der Waals surface area contributed by atoms with E-state index in [2.05, 4.69) is 15.6 Å². The van der Waals surface area contributed by atoms with Crippen LogP contribution in [0.4, 0.5) is 29.7 Å². The molecule has 0 unspecified atom stereocenters. The Morgan fingerprint density at radius 3 is 2.52 bits per heavy atom. The van der Waals surface area contributed by atoms with Crippen molar-refractivity contribution in [3.05, 3.63) is 60.1 Å². The van der Waals surface area contributed by atoms with E-state index in [1.54, 1.807) is 41.9 Å². The number of halogens is 2. The fraction of sp³-hybridized carbons (Fsp3) is 0.370. The van der Waals surface area contributed by atoms with Gasteiger partial charge in [0.1, 0.15) is 23.1 Å². The Morgan fingerprint density at radius 1 is 1.10 bits per heavy atom. The van der Waals surface area contributed by atoms with Crippen molar-refractivity contribution in [1.29, 1.82) is 0 Å². The standard InChI is InChI=1S/C27H29F2N7O6/c1-2-41-26(39)31-13-18-15-36(27(40)42-18)17-11-19(28)24(20(29)12-17)34-9-7-33(8-10-34)23(37)14-30-25(38)21-16-35-6-4-3-5-22(35)32-21/h3-6,11-12,16,18H,2,7-10,13-15H2,1H3,(H,30,38)(H,31,39)/t18-/m0/s1. The second-order valence-electron chi connectivity index (χ2n) is 9.62. The van der Waals surface area contributed by atoms with Gasteiger partial charge in [-0.25, -0.2) is 23.4 Å². The number of nitrogens with zero attached hydrogens (tertiary/aromatic N) is 5. The molecular formula is C27H29F2N7O6. The van der Waals surface area contributed by atoms with Gasteiger partial charge in [0.2, 0.25) is 5.91 Å². The number of imidazole rings is 1. The van der Waals surface area contributed by atoms with Crippen molar-refractivity contribution < 1.29 is 37.4 Å². The Bertz CT molecular complexity index is 1450. The summed E-state index contributed by atoms with van der Waals surface area (Å²) >= 11 is 0. The van der Waals surface area contributed by atoms with Gasteiger partial charge in [0.05, 0.1) is 31.9 Å². The van der Waals surface area contributed by atoms with Crippen LogP contribution in [0.5, 0.6) is 0 Å². The van der Waals surface area contributed by atoms with Gasteiger partial charge < -0.3 is 34.3 Å². The molecule has 5 rings (SSSR count). The maximum atomic E-state index is 15.1. The lowest BCUT2D eigenvalue weighted by atomic mass is 10.2. The molecule has 42 heavy (non-hydrogen) atoms. The minimum Gasteiger partial charge on any atom is -0.450 e. The van der Waals surface area contributed by atoms with Gasteiger partial charge in [-0.3, -0.25) is 14.5 Å². The number of ether oxygens (including phenoxy) is 2. The maximum Gasteiger partial charge on any atom is 0.414 e. The van der Waals surface area contributed by atoms with Crippen molar-refractivity contribution in [2.24, 2.45) is 0 Å². The molecule has 222 valence electrons. The largest absolute Gasteiger partial charge is 0.450 e. The first-order chi connectivity index (χ1) is 20.2. The monoisotopic (exact) mass is 585 g/mol. The molecule has 4 heterocycles. The fourth-order valence-electron chi connectivity index (χ4n) is 4.81. The van der Waals surface area contributed by atoms with Crippen LogP contribution in [0.2, 0.25) is 0 Å². The van der Waals surface area contributed by atoms with Gasteiger partial charge >= 0.3 is 12.2 Å². The van der Waals surface area contributed by atoms with Crippen LogP contribution < -0.4 is 20.4 Å². The van der Waals surface area contributed by atoms with Crippen LogP contribution in [-0.2, 0) is 14.3 Å². The number of rotatable bonds is 8. The molecule has 0 radical (unpaired) electrons. The number of aromatic nitrogens is 2. The van der Waals surface area contributed by atoms with E-state index < -0.39 is 35.8 Å². The van der Waals surface area contributed by atoms with Crippen LogP contribution >= 0.6 is 0 Å². The van der Waals surface area contributed by atoms with E-state index in [1.165, 1.54) is 9.80 Å². The van der Waals surface area contributed by atoms with Crippen molar-refractivity contribution >= 4 is 41.0 Å². The highest BCUT2D eigenvalue weighted by Crippen LogP contribution is 2.31. The SMILES string of the molecule is CCOC(=O)NC[C@H]1CN(c2cc(F)c(N3CCN(C(=O)CNC(=O)c4cn5ccccc5n4)CC3)c(F)c2)C(=O)O1. The number of fused-ring (bicyclic) bond motifs is 1. The van der Waals surface area contributed by atoms with Crippen molar-refractivity contribution in [1.82, 2.24) is 24.9 Å². The van der Waals surface area contributed by atoms with E-state index in [-0.39, 0.29) is 75.4 Å². The van der Waals surface area contributed by atoms with E-state index in [9.17, 15) is 19.2 Å². The number of nitrogens with one attached hydrogen (secondary N) is 2. The molecule has 0 saturated carbocycles. The van der Waals surface area contributed by atoms with Crippen LogP contribution in [0.1, 0.15) is 17.4 Å². The summed E-state index contributed by atoms with van der Waals surface area (Å²) in [5.41, 5.74) is 0.497. The zero-order chi connectivity index (χ0) is 29.8. The van der Waals surface area contributed by atoms with Crippen LogP contribution in [0.25, 0.3) is 5.65 Å². The van der Waals surface area contributed by atoms with Crippen molar-refractivity contribution in [3.8, 4) is 0 Å². The number of hydrogen-bond acceptors (Lipinski definition) is 8. The Morgan fingerprint density at radius 2 is 1.83 bits per heavy atom. The predicted molar refractivity (Wildman–Crippen MR) is 145 cm³/mol. The number of carbonyl (C=O) groups is 4. The highest BCUT2D eigenvalue weighted by atomic mass is 19.1. The molecule has 2 N–H and O–H groups in total. The van der Waals surface area contributed by atoms with E-state index in [1.807, 2.05) is 0 Å². The molecule has 13 nitrogen and oxygen atoms in total. The Balaban J connectivity index is 1.13. The molecule has 0 aliphatic carbocycles. The number of benzene rings is 1. The lowest BCUT2D eigenvalue weighted by Gasteiger charge is -2.36. The Labute approximate surface area is 239 Å². The van der Waals surface area contributed by atoms with Crippen LogP contribution in [0.3, 0.4) is 0 Å². The van der Waals surface area contributed by atoms with E-state index >= 15 is 8.78 Å². The number of alkyl carbamates (subject to hydrolysis) is 1. The first kappa shape index (κ1) is 28.6. The molecular weight excluding hydrogens is 556 g/mol. The molecule has 2 fully saturated rings.